The number of aromatic nitrogens is 3. The summed E-state index contributed by atoms with van der Waals surface area (Å²) in [6.07, 6.45) is 2.49. The van der Waals surface area contributed by atoms with E-state index in [1.807, 2.05) is 45.2 Å². The quantitative estimate of drug-likeness (QED) is 0.528. The summed E-state index contributed by atoms with van der Waals surface area (Å²) >= 11 is 0. The smallest absolute Gasteiger partial charge is 0.253 e. The minimum absolute atomic E-state index is 0.00192. The van der Waals surface area contributed by atoms with E-state index in [0.717, 1.165) is 28.0 Å². The van der Waals surface area contributed by atoms with Crippen LogP contribution in [0.5, 0.6) is 0 Å². The Morgan fingerprint density at radius 2 is 1.88 bits per heavy atom. The number of fused-ring (bicyclic) bond motifs is 1. The maximum Gasteiger partial charge on any atom is 0.253 e. The lowest BCUT2D eigenvalue weighted by Crippen LogP contribution is -2.31. The van der Waals surface area contributed by atoms with Gasteiger partial charge in [0.25, 0.3) is 5.56 Å². The highest BCUT2D eigenvalue weighted by Gasteiger charge is 2.37. The molecule has 0 radical (unpaired) electrons. The second kappa shape index (κ2) is 8.10. The maximum atomic E-state index is 13.8. The van der Waals surface area contributed by atoms with E-state index in [0.29, 0.717) is 24.9 Å². The van der Waals surface area contributed by atoms with Gasteiger partial charge in [-0.05, 0) is 62.9 Å². The van der Waals surface area contributed by atoms with E-state index in [1.54, 1.807) is 18.7 Å². The molecule has 1 aliphatic carbocycles. The van der Waals surface area contributed by atoms with Gasteiger partial charge >= 0.3 is 0 Å². The number of rotatable bonds is 5. The number of ether oxygens (including phenoxy) is 1. The lowest BCUT2D eigenvalue weighted by molar-refractivity contribution is -0.0395. The van der Waals surface area contributed by atoms with Crippen LogP contribution in [-0.2, 0) is 18.3 Å². The summed E-state index contributed by atoms with van der Waals surface area (Å²) < 4.78 is 37.0. The summed E-state index contributed by atoms with van der Waals surface area (Å²) in [5, 5.41) is 0. The minimum Gasteiger partial charge on any atom is -0.377 e. The first kappa shape index (κ1) is 22.6. The Morgan fingerprint density at radius 3 is 2.50 bits per heavy atom. The van der Waals surface area contributed by atoms with Crippen LogP contribution in [0.1, 0.15) is 56.8 Å². The highest BCUT2D eigenvalue weighted by atomic mass is 19.3. The van der Waals surface area contributed by atoms with Crippen molar-refractivity contribution in [3.8, 4) is 11.1 Å². The van der Waals surface area contributed by atoms with Crippen LogP contribution in [0.4, 0.5) is 8.78 Å². The lowest BCUT2D eigenvalue weighted by atomic mass is 9.86. The molecule has 1 fully saturated rings. The standard InChI is InChI=1S/C25H31F2N3O2/c1-16-12-19(14-29(4)23(16)31)18-6-7-20-21(13-18)30(15-24(2,3)32-5)22(28-20)17-8-10-25(26,27)11-9-17/h6-7,12-14,17H,8-11,15H2,1-5H3. The fourth-order valence-electron chi connectivity index (χ4n) is 4.58. The van der Waals surface area contributed by atoms with Crippen LogP contribution in [0.2, 0.25) is 0 Å². The number of halogens is 2. The summed E-state index contributed by atoms with van der Waals surface area (Å²) in [7, 11) is 3.43. The van der Waals surface area contributed by atoms with Crippen LogP contribution in [0.3, 0.4) is 0 Å². The third-order valence-electron chi connectivity index (χ3n) is 6.65. The molecule has 0 saturated heterocycles. The first-order chi connectivity index (χ1) is 15.0. The van der Waals surface area contributed by atoms with Gasteiger partial charge in [-0.15, -0.1) is 0 Å². The van der Waals surface area contributed by atoms with Crippen molar-refractivity contribution in [3.63, 3.8) is 0 Å². The molecule has 172 valence electrons. The molecule has 5 nitrogen and oxygen atoms in total. The molecule has 0 aliphatic heterocycles. The topological polar surface area (TPSA) is 49.1 Å². The van der Waals surface area contributed by atoms with Gasteiger partial charge in [-0.3, -0.25) is 4.79 Å². The largest absolute Gasteiger partial charge is 0.377 e. The Bertz CT molecular complexity index is 1170. The summed E-state index contributed by atoms with van der Waals surface area (Å²) in [5.41, 5.74) is 3.95. The summed E-state index contributed by atoms with van der Waals surface area (Å²) in [5.74, 6) is -1.72. The number of nitrogens with zero attached hydrogens (tertiary/aromatic N) is 3. The van der Waals surface area contributed by atoms with E-state index < -0.39 is 11.5 Å². The zero-order valence-electron chi connectivity index (χ0n) is 19.4. The Balaban J connectivity index is 1.83. The second-order valence-electron chi connectivity index (χ2n) is 9.68. The molecule has 2 heterocycles. The Morgan fingerprint density at radius 1 is 1.19 bits per heavy atom. The van der Waals surface area contributed by atoms with E-state index in [-0.39, 0.29) is 24.3 Å². The van der Waals surface area contributed by atoms with Gasteiger partial charge in [0.2, 0.25) is 5.92 Å². The molecule has 1 aliphatic rings. The van der Waals surface area contributed by atoms with Crippen LogP contribution in [0.25, 0.3) is 22.2 Å². The van der Waals surface area contributed by atoms with Crippen LogP contribution in [-0.4, -0.2) is 32.8 Å². The van der Waals surface area contributed by atoms with E-state index in [1.165, 1.54) is 0 Å². The number of pyridine rings is 1. The minimum atomic E-state index is -2.58. The predicted molar refractivity (Wildman–Crippen MR) is 122 cm³/mol. The Labute approximate surface area is 187 Å². The van der Waals surface area contributed by atoms with E-state index in [2.05, 4.69) is 10.6 Å². The number of hydrogen-bond donors (Lipinski definition) is 0. The highest BCUT2D eigenvalue weighted by molar-refractivity contribution is 5.83. The van der Waals surface area contributed by atoms with Crippen molar-refractivity contribution in [2.75, 3.05) is 7.11 Å². The summed E-state index contributed by atoms with van der Waals surface area (Å²) in [6, 6.07) is 7.95. The molecule has 0 spiro atoms. The number of methoxy groups -OCH3 is 1. The van der Waals surface area contributed by atoms with Crippen LogP contribution in [0.15, 0.2) is 35.3 Å². The predicted octanol–water partition coefficient (Wildman–Crippen LogP) is 5.43. The molecule has 0 bridgehead atoms. The van der Waals surface area contributed by atoms with Crippen molar-refractivity contribution in [3.05, 3.63) is 52.2 Å². The molecule has 4 rings (SSSR count). The number of imidazole rings is 1. The fraction of sp³-hybridized carbons (Fsp3) is 0.520. The molecule has 1 saturated carbocycles. The average molecular weight is 444 g/mol. The highest BCUT2D eigenvalue weighted by Crippen LogP contribution is 2.42. The lowest BCUT2D eigenvalue weighted by Gasteiger charge is -2.30. The third-order valence-corrected chi connectivity index (χ3v) is 6.65. The van der Waals surface area contributed by atoms with Gasteiger partial charge in [0.1, 0.15) is 5.82 Å². The first-order valence-electron chi connectivity index (χ1n) is 11.1. The van der Waals surface area contributed by atoms with Crippen molar-refractivity contribution >= 4 is 11.0 Å². The molecular formula is C25H31F2N3O2. The van der Waals surface area contributed by atoms with Gasteiger partial charge in [0.05, 0.1) is 23.2 Å². The summed E-state index contributed by atoms with van der Waals surface area (Å²) in [4.78, 5) is 17.0. The van der Waals surface area contributed by atoms with Gasteiger partial charge in [-0.2, -0.15) is 0 Å². The summed E-state index contributed by atoms with van der Waals surface area (Å²) in [6.45, 7) is 6.40. The van der Waals surface area contributed by atoms with Crippen molar-refractivity contribution < 1.29 is 13.5 Å². The van der Waals surface area contributed by atoms with Crippen LogP contribution < -0.4 is 5.56 Å². The van der Waals surface area contributed by atoms with Crippen molar-refractivity contribution in [2.45, 2.75) is 70.4 Å². The normalized spacial score (nSPS) is 17.2. The monoisotopic (exact) mass is 443 g/mol. The SMILES string of the molecule is COC(C)(C)Cn1c(C2CCC(F)(F)CC2)nc2ccc(-c3cc(C)c(=O)n(C)c3)cc21. The zero-order valence-corrected chi connectivity index (χ0v) is 19.4. The fourth-order valence-corrected chi connectivity index (χ4v) is 4.58. The molecule has 3 aromatic rings. The number of aryl methyl sites for hydroxylation is 2. The van der Waals surface area contributed by atoms with Crippen molar-refractivity contribution in [2.24, 2.45) is 7.05 Å². The van der Waals surface area contributed by atoms with E-state index in [9.17, 15) is 13.6 Å². The number of alkyl halides is 2. The molecule has 2 aromatic heterocycles. The van der Waals surface area contributed by atoms with Gasteiger partial charge in [0, 0.05) is 44.7 Å². The zero-order chi connectivity index (χ0) is 23.3. The Kier molecular flexibility index (Phi) is 5.74. The molecule has 7 heteroatoms. The molecule has 1 aromatic carbocycles. The maximum absolute atomic E-state index is 13.8. The van der Waals surface area contributed by atoms with Crippen LogP contribution >= 0.6 is 0 Å². The number of benzene rings is 1. The first-order valence-corrected chi connectivity index (χ1v) is 11.1. The average Bonchev–Trinajstić information content (AvgIpc) is 3.08. The molecule has 0 unspecified atom stereocenters. The van der Waals surface area contributed by atoms with E-state index in [4.69, 9.17) is 9.72 Å². The van der Waals surface area contributed by atoms with Gasteiger partial charge in [0.15, 0.2) is 0 Å². The third kappa shape index (κ3) is 4.35. The Hall–Kier alpha value is -2.54. The molecule has 32 heavy (non-hydrogen) atoms. The molecular weight excluding hydrogens is 412 g/mol. The van der Waals surface area contributed by atoms with Crippen molar-refractivity contribution in [1.29, 1.82) is 0 Å². The van der Waals surface area contributed by atoms with E-state index >= 15 is 0 Å². The number of hydrogen-bond acceptors (Lipinski definition) is 3. The van der Waals surface area contributed by atoms with Gasteiger partial charge in [-0.1, -0.05) is 6.07 Å². The van der Waals surface area contributed by atoms with Gasteiger partial charge < -0.3 is 13.9 Å². The molecule has 0 atom stereocenters. The molecule has 0 N–H and O–H groups in total. The molecule has 0 amide bonds. The second-order valence-corrected chi connectivity index (χ2v) is 9.68. The van der Waals surface area contributed by atoms with Crippen LogP contribution in [0, 0.1) is 6.92 Å². The van der Waals surface area contributed by atoms with Crippen molar-refractivity contribution in [1.82, 2.24) is 14.1 Å². The van der Waals surface area contributed by atoms with Gasteiger partial charge in [-0.25, -0.2) is 13.8 Å².